The van der Waals surface area contributed by atoms with Gasteiger partial charge in [-0.1, -0.05) is 30.5 Å². The van der Waals surface area contributed by atoms with Gasteiger partial charge in [0.1, 0.15) is 11.5 Å². The predicted octanol–water partition coefficient (Wildman–Crippen LogP) is 3.71. The molecule has 28 heavy (non-hydrogen) atoms. The molecular formula is C21H28N2O4S. The second-order valence-corrected chi connectivity index (χ2v) is 8.86. The molecule has 1 aliphatic rings. The van der Waals surface area contributed by atoms with E-state index in [0.29, 0.717) is 10.6 Å². The first-order valence-electron chi connectivity index (χ1n) is 9.50. The first kappa shape index (κ1) is 20.5. The van der Waals surface area contributed by atoms with Crippen LogP contribution in [-0.4, -0.2) is 34.7 Å². The Morgan fingerprint density at radius 2 is 1.61 bits per heavy atom. The van der Waals surface area contributed by atoms with Crippen molar-refractivity contribution in [1.29, 1.82) is 0 Å². The zero-order chi connectivity index (χ0) is 20.1. The lowest BCUT2D eigenvalue weighted by Crippen LogP contribution is -2.48. The van der Waals surface area contributed by atoms with Crippen molar-refractivity contribution in [3.8, 4) is 11.5 Å². The first-order chi connectivity index (χ1) is 13.4. The van der Waals surface area contributed by atoms with Gasteiger partial charge in [-0.15, -0.1) is 0 Å². The van der Waals surface area contributed by atoms with Crippen molar-refractivity contribution in [1.82, 2.24) is 4.72 Å². The molecule has 6 nitrogen and oxygen atoms in total. The van der Waals surface area contributed by atoms with Crippen molar-refractivity contribution in [3.05, 3.63) is 48.0 Å². The van der Waals surface area contributed by atoms with Crippen LogP contribution in [0.5, 0.6) is 11.5 Å². The van der Waals surface area contributed by atoms with Gasteiger partial charge in [0.05, 0.1) is 24.8 Å². The normalized spacial score (nSPS) is 19.8. The number of aryl methyl sites for hydroxylation is 1. The Morgan fingerprint density at radius 3 is 2.25 bits per heavy atom. The van der Waals surface area contributed by atoms with Crippen LogP contribution in [0.15, 0.2) is 47.4 Å². The van der Waals surface area contributed by atoms with E-state index in [1.807, 2.05) is 37.3 Å². The number of anilines is 1. The smallest absolute Gasteiger partial charge is 0.240 e. The summed E-state index contributed by atoms with van der Waals surface area (Å²) in [4.78, 5) is 0.293. The van der Waals surface area contributed by atoms with Gasteiger partial charge in [-0.25, -0.2) is 13.1 Å². The molecule has 2 aromatic rings. The summed E-state index contributed by atoms with van der Waals surface area (Å²) in [6, 6.07) is 12.2. The number of rotatable bonds is 7. The molecule has 1 fully saturated rings. The Bertz CT molecular complexity index is 897. The van der Waals surface area contributed by atoms with Crippen molar-refractivity contribution >= 4 is 15.7 Å². The molecule has 0 amide bonds. The number of benzene rings is 2. The molecule has 0 spiro atoms. The molecule has 0 unspecified atom stereocenters. The molecule has 1 saturated carbocycles. The molecule has 0 saturated heterocycles. The van der Waals surface area contributed by atoms with Crippen molar-refractivity contribution in [2.24, 2.45) is 0 Å². The highest BCUT2D eigenvalue weighted by Crippen LogP contribution is 2.32. The number of hydrogen-bond donors (Lipinski definition) is 2. The van der Waals surface area contributed by atoms with Gasteiger partial charge in [0, 0.05) is 18.2 Å². The van der Waals surface area contributed by atoms with E-state index in [2.05, 4.69) is 10.0 Å². The highest BCUT2D eigenvalue weighted by Gasteiger charge is 2.30. The van der Waals surface area contributed by atoms with E-state index in [0.717, 1.165) is 42.7 Å². The molecule has 2 atom stereocenters. The van der Waals surface area contributed by atoms with Crippen LogP contribution in [0.2, 0.25) is 0 Å². The fraction of sp³-hybridized carbons (Fsp3) is 0.429. The lowest BCUT2D eigenvalue weighted by atomic mass is 9.91. The molecule has 3 rings (SSSR count). The van der Waals surface area contributed by atoms with Crippen molar-refractivity contribution < 1.29 is 17.9 Å². The van der Waals surface area contributed by atoms with Crippen molar-refractivity contribution in [3.63, 3.8) is 0 Å². The Balaban J connectivity index is 1.80. The lowest BCUT2D eigenvalue weighted by molar-refractivity contribution is 0.374. The fourth-order valence-electron chi connectivity index (χ4n) is 3.56. The molecule has 2 N–H and O–H groups in total. The third-order valence-corrected chi connectivity index (χ3v) is 6.66. The summed E-state index contributed by atoms with van der Waals surface area (Å²) in [5.41, 5.74) is 1.83. The summed E-state index contributed by atoms with van der Waals surface area (Å²) in [6.45, 7) is 1.94. The molecule has 0 heterocycles. The summed E-state index contributed by atoms with van der Waals surface area (Å²) in [5.74, 6) is 1.42. The van der Waals surface area contributed by atoms with E-state index >= 15 is 0 Å². The zero-order valence-electron chi connectivity index (χ0n) is 16.6. The SMILES string of the molecule is COc1ccc(OC)c(N[C@@H]2CCCC[C@H]2NS(=O)(=O)c2ccc(C)cc2)c1. The van der Waals surface area contributed by atoms with E-state index in [4.69, 9.17) is 9.47 Å². The quantitative estimate of drug-likeness (QED) is 0.736. The molecule has 0 bridgehead atoms. The van der Waals surface area contributed by atoms with E-state index in [1.165, 1.54) is 0 Å². The number of methoxy groups -OCH3 is 2. The van der Waals surface area contributed by atoms with Crippen LogP contribution in [-0.2, 0) is 10.0 Å². The van der Waals surface area contributed by atoms with Crippen molar-refractivity contribution in [2.45, 2.75) is 49.6 Å². The Labute approximate surface area is 167 Å². The zero-order valence-corrected chi connectivity index (χ0v) is 17.4. The Hall–Kier alpha value is -2.25. The summed E-state index contributed by atoms with van der Waals surface area (Å²) >= 11 is 0. The molecule has 1 aliphatic carbocycles. The standard InChI is InChI=1S/C21H28N2O4S/c1-15-8-11-17(12-9-15)28(24,25)23-19-7-5-4-6-18(19)22-20-14-16(26-2)10-13-21(20)27-3/h8-14,18-19,22-23H,4-7H2,1-3H3/t18-,19-/m1/s1. The Morgan fingerprint density at radius 1 is 0.929 bits per heavy atom. The molecule has 0 radical (unpaired) electrons. The van der Waals surface area contributed by atoms with Crippen molar-refractivity contribution in [2.75, 3.05) is 19.5 Å². The second-order valence-electron chi connectivity index (χ2n) is 7.14. The molecule has 7 heteroatoms. The van der Waals surface area contributed by atoms with Crippen LogP contribution in [0.4, 0.5) is 5.69 Å². The largest absolute Gasteiger partial charge is 0.497 e. The molecule has 152 valence electrons. The van der Waals surface area contributed by atoms with E-state index in [-0.39, 0.29) is 12.1 Å². The topological polar surface area (TPSA) is 76.7 Å². The van der Waals surface area contributed by atoms with Crippen LogP contribution in [0.1, 0.15) is 31.2 Å². The van der Waals surface area contributed by atoms with Gasteiger partial charge in [0.25, 0.3) is 0 Å². The van der Waals surface area contributed by atoms with E-state index in [1.54, 1.807) is 26.4 Å². The minimum Gasteiger partial charge on any atom is -0.497 e. The van der Waals surface area contributed by atoms with E-state index < -0.39 is 10.0 Å². The molecule has 0 aromatic heterocycles. The number of sulfonamides is 1. The highest BCUT2D eigenvalue weighted by molar-refractivity contribution is 7.89. The first-order valence-corrected chi connectivity index (χ1v) is 11.0. The van der Waals surface area contributed by atoms with Gasteiger partial charge >= 0.3 is 0 Å². The molecule has 0 aliphatic heterocycles. The predicted molar refractivity (Wildman–Crippen MR) is 111 cm³/mol. The van der Waals surface area contributed by atoms with Gasteiger partial charge in [0.2, 0.25) is 10.0 Å². The summed E-state index contributed by atoms with van der Waals surface area (Å²) in [7, 11) is -0.344. The van der Waals surface area contributed by atoms with Crippen LogP contribution in [0.25, 0.3) is 0 Å². The maximum atomic E-state index is 12.8. The maximum absolute atomic E-state index is 12.8. The van der Waals surface area contributed by atoms with Crippen LogP contribution >= 0.6 is 0 Å². The summed E-state index contributed by atoms with van der Waals surface area (Å²) in [6.07, 6.45) is 3.71. The third kappa shape index (κ3) is 4.77. The number of nitrogens with one attached hydrogen (secondary N) is 2. The van der Waals surface area contributed by atoms with E-state index in [9.17, 15) is 8.42 Å². The number of ether oxygens (including phenoxy) is 2. The molecule has 2 aromatic carbocycles. The van der Waals surface area contributed by atoms with Crippen LogP contribution in [0.3, 0.4) is 0 Å². The fourth-order valence-corrected chi connectivity index (χ4v) is 4.87. The van der Waals surface area contributed by atoms with Gasteiger partial charge in [-0.2, -0.15) is 0 Å². The second kappa shape index (κ2) is 8.84. The maximum Gasteiger partial charge on any atom is 0.240 e. The highest BCUT2D eigenvalue weighted by atomic mass is 32.2. The average Bonchev–Trinajstić information content (AvgIpc) is 2.69. The molecular weight excluding hydrogens is 376 g/mol. The van der Waals surface area contributed by atoms with Gasteiger partial charge in [-0.3, -0.25) is 0 Å². The summed E-state index contributed by atoms with van der Waals surface area (Å²) in [5, 5.41) is 3.48. The minimum absolute atomic E-state index is 0.0324. The number of hydrogen-bond acceptors (Lipinski definition) is 5. The van der Waals surface area contributed by atoms with Gasteiger partial charge in [0.15, 0.2) is 0 Å². The lowest BCUT2D eigenvalue weighted by Gasteiger charge is -2.33. The van der Waals surface area contributed by atoms with Crippen LogP contribution in [0, 0.1) is 6.92 Å². The average molecular weight is 405 g/mol. The van der Waals surface area contributed by atoms with Crippen LogP contribution < -0.4 is 19.5 Å². The summed E-state index contributed by atoms with van der Waals surface area (Å²) < 4.78 is 39.4. The monoisotopic (exact) mass is 404 g/mol. The minimum atomic E-state index is -3.58. The third-order valence-electron chi connectivity index (χ3n) is 5.15. The van der Waals surface area contributed by atoms with Gasteiger partial charge < -0.3 is 14.8 Å². The Kier molecular flexibility index (Phi) is 6.46. The van der Waals surface area contributed by atoms with Gasteiger partial charge in [-0.05, 0) is 44.0 Å².